The normalized spacial score (nSPS) is 12.2. The van der Waals surface area contributed by atoms with Gasteiger partial charge in [0, 0.05) is 22.7 Å². The minimum Gasteiger partial charge on any atom is -0.339 e. The Labute approximate surface area is 133 Å². The highest BCUT2D eigenvalue weighted by molar-refractivity contribution is 9.10. The molecular formula is C17H20BrFN2. The zero-order valence-corrected chi connectivity index (χ0v) is 13.9. The summed E-state index contributed by atoms with van der Waals surface area (Å²) in [4.78, 5) is 1.98. The van der Waals surface area contributed by atoms with Crippen LogP contribution in [0.3, 0.4) is 0 Å². The summed E-state index contributed by atoms with van der Waals surface area (Å²) in [6, 6.07) is 13.0. The number of anilines is 2. The van der Waals surface area contributed by atoms with Gasteiger partial charge in [-0.25, -0.2) is 4.39 Å². The fraction of sp³-hybridized carbons (Fsp3) is 0.294. The van der Waals surface area contributed by atoms with E-state index in [9.17, 15) is 4.39 Å². The van der Waals surface area contributed by atoms with E-state index >= 15 is 0 Å². The molecule has 0 saturated heterocycles. The van der Waals surface area contributed by atoms with Crippen LogP contribution in [0.5, 0.6) is 0 Å². The predicted octanol–water partition coefficient (Wildman–Crippen LogP) is 4.64. The fourth-order valence-corrected chi connectivity index (χ4v) is 2.80. The molecule has 1 unspecified atom stereocenters. The predicted molar refractivity (Wildman–Crippen MR) is 90.6 cm³/mol. The number of rotatable bonds is 5. The maximum absolute atomic E-state index is 14.1. The van der Waals surface area contributed by atoms with Crippen molar-refractivity contribution in [2.45, 2.75) is 26.3 Å². The highest BCUT2D eigenvalue weighted by Gasteiger charge is 2.16. The van der Waals surface area contributed by atoms with Crippen LogP contribution in [0.4, 0.5) is 15.8 Å². The molecule has 0 aliphatic rings. The Morgan fingerprint density at radius 2 is 1.90 bits per heavy atom. The van der Waals surface area contributed by atoms with Gasteiger partial charge in [-0.15, -0.1) is 0 Å². The SMILES string of the molecule is CCN(c1ccccc1F)c1cc(Br)ccc1CC(C)N. The molecule has 2 N–H and O–H groups in total. The van der Waals surface area contributed by atoms with Crippen molar-refractivity contribution >= 4 is 27.3 Å². The molecule has 0 aromatic heterocycles. The molecule has 0 heterocycles. The van der Waals surface area contributed by atoms with Crippen LogP contribution in [-0.4, -0.2) is 12.6 Å². The van der Waals surface area contributed by atoms with Crippen molar-refractivity contribution in [1.29, 1.82) is 0 Å². The summed E-state index contributed by atoms with van der Waals surface area (Å²) >= 11 is 3.50. The summed E-state index contributed by atoms with van der Waals surface area (Å²) in [5.41, 5.74) is 8.64. The van der Waals surface area contributed by atoms with E-state index in [4.69, 9.17) is 5.73 Å². The van der Waals surface area contributed by atoms with Gasteiger partial charge in [-0.2, -0.15) is 0 Å². The zero-order valence-electron chi connectivity index (χ0n) is 12.3. The standard InChI is InChI=1S/C17H20BrFN2/c1-3-21(16-7-5-4-6-15(16)19)17-11-14(18)9-8-13(17)10-12(2)20/h4-9,11-12H,3,10,20H2,1-2H3. The quantitative estimate of drug-likeness (QED) is 0.851. The van der Waals surface area contributed by atoms with Crippen molar-refractivity contribution in [2.75, 3.05) is 11.4 Å². The third-order valence-corrected chi connectivity index (χ3v) is 3.83. The summed E-state index contributed by atoms with van der Waals surface area (Å²) in [5, 5.41) is 0. The van der Waals surface area contributed by atoms with E-state index < -0.39 is 0 Å². The van der Waals surface area contributed by atoms with E-state index in [1.54, 1.807) is 12.1 Å². The number of halogens is 2. The fourth-order valence-electron chi connectivity index (χ4n) is 2.45. The topological polar surface area (TPSA) is 29.3 Å². The van der Waals surface area contributed by atoms with Gasteiger partial charge in [0.1, 0.15) is 5.82 Å². The van der Waals surface area contributed by atoms with Crippen molar-refractivity contribution in [1.82, 2.24) is 0 Å². The van der Waals surface area contributed by atoms with Crippen LogP contribution in [0.1, 0.15) is 19.4 Å². The summed E-state index contributed by atoms with van der Waals surface area (Å²) in [5.74, 6) is -0.217. The van der Waals surface area contributed by atoms with Gasteiger partial charge in [0.05, 0.1) is 5.69 Å². The van der Waals surface area contributed by atoms with Gasteiger partial charge in [-0.3, -0.25) is 0 Å². The number of para-hydroxylation sites is 1. The average Bonchev–Trinajstić information content (AvgIpc) is 2.44. The van der Waals surface area contributed by atoms with Gasteiger partial charge in [0.25, 0.3) is 0 Å². The Morgan fingerprint density at radius 3 is 2.52 bits per heavy atom. The maximum atomic E-state index is 14.1. The Bertz CT molecular complexity index is 613. The first kappa shape index (κ1) is 16.0. The molecule has 0 radical (unpaired) electrons. The van der Waals surface area contributed by atoms with Gasteiger partial charge in [0.2, 0.25) is 0 Å². The third kappa shape index (κ3) is 3.83. The van der Waals surface area contributed by atoms with E-state index in [0.29, 0.717) is 12.2 Å². The van der Waals surface area contributed by atoms with Crippen LogP contribution in [0.15, 0.2) is 46.9 Å². The van der Waals surface area contributed by atoms with Gasteiger partial charge in [-0.1, -0.05) is 34.1 Å². The lowest BCUT2D eigenvalue weighted by molar-refractivity contribution is 0.625. The third-order valence-electron chi connectivity index (χ3n) is 3.34. The first-order valence-corrected chi connectivity index (χ1v) is 7.88. The second kappa shape index (κ2) is 7.05. The summed E-state index contributed by atoms with van der Waals surface area (Å²) in [6.07, 6.45) is 0.758. The monoisotopic (exact) mass is 350 g/mol. The Morgan fingerprint density at radius 1 is 1.19 bits per heavy atom. The van der Waals surface area contributed by atoms with Gasteiger partial charge in [0.15, 0.2) is 0 Å². The molecule has 2 aromatic carbocycles. The summed E-state index contributed by atoms with van der Waals surface area (Å²) in [7, 11) is 0. The van der Waals surface area contributed by atoms with Crippen molar-refractivity contribution in [3.05, 3.63) is 58.3 Å². The molecule has 2 aromatic rings. The lowest BCUT2D eigenvalue weighted by Crippen LogP contribution is -2.23. The average molecular weight is 351 g/mol. The minimum absolute atomic E-state index is 0.0595. The highest BCUT2D eigenvalue weighted by Crippen LogP contribution is 2.33. The molecular weight excluding hydrogens is 331 g/mol. The second-order valence-electron chi connectivity index (χ2n) is 5.15. The van der Waals surface area contributed by atoms with E-state index in [-0.39, 0.29) is 11.9 Å². The number of nitrogens with zero attached hydrogens (tertiary/aromatic N) is 1. The minimum atomic E-state index is -0.217. The highest BCUT2D eigenvalue weighted by atomic mass is 79.9. The molecule has 0 aliphatic carbocycles. The van der Waals surface area contributed by atoms with Gasteiger partial charge >= 0.3 is 0 Å². The molecule has 21 heavy (non-hydrogen) atoms. The number of nitrogens with two attached hydrogens (primary N) is 1. The molecule has 0 spiro atoms. The molecule has 0 saturated carbocycles. The largest absolute Gasteiger partial charge is 0.339 e. The maximum Gasteiger partial charge on any atom is 0.146 e. The molecule has 0 aliphatic heterocycles. The Hall–Kier alpha value is -1.39. The van der Waals surface area contributed by atoms with Gasteiger partial charge in [-0.05, 0) is 50.1 Å². The lowest BCUT2D eigenvalue weighted by atomic mass is 10.0. The van der Waals surface area contributed by atoms with Crippen LogP contribution in [0, 0.1) is 5.82 Å². The van der Waals surface area contributed by atoms with Crippen LogP contribution < -0.4 is 10.6 Å². The zero-order chi connectivity index (χ0) is 15.4. The van der Waals surface area contributed by atoms with E-state index in [1.807, 2.05) is 43.0 Å². The second-order valence-corrected chi connectivity index (χ2v) is 6.07. The summed E-state index contributed by atoms with van der Waals surface area (Å²) < 4.78 is 15.1. The molecule has 1 atom stereocenters. The molecule has 4 heteroatoms. The van der Waals surface area contributed by atoms with Crippen molar-refractivity contribution in [3.63, 3.8) is 0 Å². The van der Waals surface area contributed by atoms with E-state index in [1.165, 1.54) is 6.07 Å². The van der Waals surface area contributed by atoms with Crippen molar-refractivity contribution < 1.29 is 4.39 Å². The first-order chi connectivity index (χ1) is 10.0. The number of hydrogen-bond acceptors (Lipinski definition) is 2. The van der Waals surface area contributed by atoms with Crippen LogP contribution in [-0.2, 0) is 6.42 Å². The van der Waals surface area contributed by atoms with Crippen molar-refractivity contribution in [3.8, 4) is 0 Å². The van der Waals surface area contributed by atoms with E-state index in [2.05, 4.69) is 15.9 Å². The number of benzene rings is 2. The molecule has 2 nitrogen and oxygen atoms in total. The lowest BCUT2D eigenvalue weighted by Gasteiger charge is -2.27. The first-order valence-electron chi connectivity index (χ1n) is 7.09. The molecule has 112 valence electrons. The van der Waals surface area contributed by atoms with Crippen LogP contribution in [0.2, 0.25) is 0 Å². The Kier molecular flexibility index (Phi) is 5.37. The van der Waals surface area contributed by atoms with Gasteiger partial charge < -0.3 is 10.6 Å². The molecule has 0 bridgehead atoms. The molecule has 0 amide bonds. The number of hydrogen-bond donors (Lipinski definition) is 1. The smallest absolute Gasteiger partial charge is 0.146 e. The van der Waals surface area contributed by atoms with Crippen LogP contribution in [0.25, 0.3) is 0 Å². The molecule has 0 fully saturated rings. The van der Waals surface area contributed by atoms with Crippen molar-refractivity contribution in [2.24, 2.45) is 5.73 Å². The summed E-state index contributed by atoms with van der Waals surface area (Å²) in [6.45, 7) is 4.68. The Balaban J connectivity index is 2.51. The van der Waals surface area contributed by atoms with E-state index in [0.717, 1.165) is 22.1 Å². The molecule has 2 rings (SSSR count). The van der Waals surface area contributed by atoms with Crippen LogP contribution >= 0.6 is 15.9 Å².